The van der Waals surface area contributed by atoms with Gasteiger partial charge in [-0.15, -0.1) is 0 Å². The van der Waals surface area contributed by atoms with Crippen LogP contribution in [0.25, 0.3) is 33.4 Å². The maximum Gasteiger partial charge on any atom is 0.220 e. The Balaban J connectivity index is 1.47. The number of H-pyrrole nitrogens is 1. The standard InChI is InChI=1S/C24H30N8/c1-3-4-5-18-11-22(30-24(25)29-18)21-14-27-23-20(21)10-16(12-26-23)17-13-28-32(15-17)19-6-8-31(2)9-7-19/h10-15,19H,3-9H2,1-2H3,(H,26,27)(H2,25,29,30). The number of anilines is 1. The Kier molecular flexibility index (Phi) is 5.61. The minimum atomic E-state index is 0.312. The molecule has 1 fully saturated rings. The van der Waals surface area contributed by atoms with Crippen LogP contribution in [0.15, 0.2) is 36.9 Å². The zero-order chi connectivity index (χ0) is 22.1. The van der Waals surface area contributed by atoms with Crippen molar-refractivity contribution in [3.63, 3.8) is 0 Å². The number of nitrogens with zero attached hydrogens (tertiary/aromatic N) is 6. The molecule has 0 aliphatic carbocycles. The third-order valence-electron chi connectivity index (χ3n) is 6.39. The maximum absolute atomic E-state index is 6.02. The molecule has 0 spiro atoms. The second-order valence-electron chi connectivity index (χ2n) is 8.77. The number of nitrogens with one attached hydrogen (secondary N) is 1. The molecule has 0 saturated carbocycles. The van der Waals surface area contributed by atoms with Crippen LogP contribution in [0.4, 0.5) is 5.95 Å². The Hall–Kier alpha value is -3.26. The summed E-state index contributed by atoms with van der Waals surface area (Å²) in [6, 6.07) is 4.66. The first kappa shape index (κ1) is 20.6. The lowest BCUT2D eigenvalue weighted by molar-refractivity contribution is 0.212. The molecule has 5 heterocycles. The molecular formula is C24H30N8. The number of hydrogen-bond acceptors (Lipinski definition) is 6. The van der Waals surface area contributed by atoms with E-state index >= 15 is 0 Å². The first-order chi connectivity index (χ1) is 15.6. The normalized spacial score (nSPS) is 15.6. The average Bonchev–Trinajstić information content (AvgIpc) is 3.45. The van der Waals surface area contributed by atoms with E-state index in [0.717, 1.165) is 84.3 Å². The van der Waals surface area contributed by atoms with Crippen LogP contribution in [0.3, 0.4) is 0 Å². The van der Waals surface area contributed by atoms with Crippen LogP contribution in [0.1, 0.15) is 44.3 Å². The zero-order valence-corrected chi connectivity index (χ0v) is 18.8. The molecule has 3 N–H and O–H groups in total. The highest BCUT2D eigenvalue weighted by Gasteiger charge is 2.19. The molecule has 8 nitrogen and oxygen atoms in total. The fraction of sp³-hybridized carbons (Fsp3) is 0.417. The fourth-order valence-electron chi connectivity index (χ4n) is 4.46. The van der Waals surface area contributed by atoms with Crippen LogP contribution in [0.5, 0.6) is 0 Å². The van der Waals surface area contributed by atoms with Crippen molar-refractivity contribution >= 4 is 17.0 Å². The summed E-state index contributed by atoms with van der Waals surface area (Å²) in [5.74, 6) is 0.312. The summed E-state index contributed by atoms with van der Waals surface area (Å²) >= 11 is 0. The van der Waals surface area contributed by atoms with Gasteiger partial charge in [-0.25, -0.2) is 15.0 Å². The number of pyridine rings is 1. The summed E-state index contributed by atoms with van der Waals surface area (Å²) in [4.78, 5) is 19.2. The summed E-state index contributed by atoms with van der Waals surface area (Å²) in [6.07, 6.45) is 13.3. The fourth-order valence-corrected chi connectivity index (χ4v) is 4.46. The lowest BCUT2D eigenvalue weighted by atomic mass is 10.1. The predicted molar refractivity (Wildman–Crippen MR) is 127 cm³/mol. The highest BCUT2D eigenvalue weighted by molar-refractivity contribution is 5.95. The van der Waals surface area contributed by atoms with Crippen molar-refractivity contribution in [2.24, 2.45) is 0 Å². The average molecular weight is 431 g/mol. The van der Waals surface area contributed by atoms with Gasteiger partial charge < -0.3 is 15.6 Å². The Morgan fingerprint density at radius 2 is 1.97 bits per heavy atom. The van der Waals surface area contributed by atoms with Crippen molar-refractivity contribution in [1.29, 1.82) is 0 Å². The third kappa shape index (κ3) is 4.10. The van der Waals surface area contributed by atoms with Gasteiger partial charge in [-0.1, -0.05) is 13.3 Å². The molecule has 0 unspecified atom stereocenters. The van der Waals surface area contributed by atoms with E-state index in [1.807, 2.05) is 24.7 Å². The van der Waals surface area contributed by atoms with Gasteiger partial charge in [0.2, 0.25) is 5.95 Å². The number of aryl methyl sites for hydroxylation is 1. The van der Waals surface area contributed by atoms with E-state index in [1.54, 1.807) is 0 Å². The Bertz CT molecular complexity index is 1220. The zero-order valence-electron chi connectivity index (χ0n) is 18.8. The molecule has 1 saturated heterocycles. The number of fused-ring (bicyclic) bond motifs is 1. The van der Waals surface area contributed by atoms with E-state index in [0.29, 0.717) is 12.0 Å². The van der Waals surface area contributed by atoms with Crippen LogP contribution in [-0.2, 0) is 6.42 Å². The summed E-state index contributed by atoms with van der Waals surface area (Å²) in [6.45, 7) is 4.40. The van der Waals surface area contributed by atoms with E-state index in [-0.39, 0.29) is 0 Å². The Labute approximate surface area is 187 Å². The molecule has 4 aromatic rings. The minimum absolute atomic E-state index is 0.312. The summed E-state index contributed by atoms with van der Waals surface area (Å²) in [7, 11) is 2.18. The number of unbranched alkanes of at least 4 members (excludes halogenated alkanes) is 1. The molecule has 1 aliphatic heterocycles. The van der Waals surface area contributed by atoms with Gasteiger partial charge in [-0.05, 0) is 58.0 Å². The topological polar surface area (TPSA) is 102 Å². The highest BCUT2D eigenvalue weighted by atomic mass is 15.3. The van der Waals surface area contributed by atoms with Crippen LogP contribution >= 0.6 is 0 Å². The number of likely N-dealkylation sites (tertiary alicyclic amines) is 1. The van der Waals surface area contributed by atoms with Crippen LogP contribution in [0.2, 0.25) is 0 Å². The van der Waals surface area contributed by atoms with Gasteiger partial charge in [-0.2, -0.15) is 5.10 Å². The van der Waals surface area contributed by atoms with Crippen molar-refractivity contribution in [2.45, 2.75) is 45.1 Å². The first-order valence-electron chi connectivity index (χ1n) is 11.4. The maximum atomic E-state index is 6.02. The summed E-state index contributed by atoms with van der Waals surface area (Å²) < 4.78 is 2.12. The predicted octanol–water partition coefficient (Wildman–Crippen LogP) is 4.07. The number of piperidine rings is 1. The summed E-state index contributed by atoms with van der Waals surface area (Å²) in [5, 5.41) is 5.69. The quantitative estimate of drug-likeness (QED) is 0.478. The van der Waals surface area contributed by atoms with Gasteiger partial charge in [0.1, 0.15) is 5.65 Å². The number of aromatic amines is 1. The van der Waals surface area contributed by atoms with E-state index in [9.17, 15) is 0 Å². The number of hydrogen-bond donors (Lipinski definition) is 2. The molecule has 8 heteroatoms. The van der Waals surface area contributed by atoms with Gasteiger partial charge >= 0.3 is 0 Å². The lowest BCUT2D eigenvalue weighted by Gasteiger charge is -2.28. The first-order valence-corrected chi connectivity index (χ1v) is 11.4. The summed E-state index contributed by atoms with van der Waals surface area (Å²) in [5.41, 5.74) is 11.8. The van der Waals surface area contributed by atoms with Gasteiger partial charge in [0.05, 0.1) is 17.9 Å². The minimum Gasteiger partial charge on any atom is -0.368 e. The second kappa shape index (κ2) is 8.70. The largest absolute Gasteiger partial charge is 0.368 e. The van der Waals surface area contributed by atoms with E-state index in [2.05, 4.69) is 60.9 Å². The number of rotatable bonds is 6. The molecule has 4 aromatic heterocycles. The molecule has 0 aromatic carbocycles. The van der Waals surface area contributed by atoms with Gasteiger partial charge in [0, 0.05) is 46.4 Å². The molecule has 1 aliphatic rings. The van der Waals surface area contributed by atoms with Crippen molar-refractivity contribution in [1.82, 2.24) is 34.6 Å². The van der Waals surface area contributed by atoms with Gasteiger partial charge in [0.25, 0.3) is 0 Å². The molecule has 0 radical (unpaired) electrons. The number of nitrogens with two attached hydrogens (primary N) is 1. The molecule has 0 atom stereocenters. The molecule has 0 bridgehead atoms. The smallest absolute Gasteiger partial charge is 0.220 e. The monoisotopic (exact) mass is 430 g/mol. The van der Waals surface area contributed by atoms with Gasteiger partial charge in [-0.3, -0.25) is 4.68 Å². The SMILES string of the molecule is CCCCc1cc(-c2c[nH]c3ncc(-c4cnn(C5CCN(C)CC5)c4)cc23)nc(N)n1. The van der Waals surface area contributed by atoms with Crippen molar-refractivity contribution in [3.8, 4) is 22.4 Å². The van der Waals surface area contributed by atoms with Crippen LogP contribution in [-0.4, -0.2) is 54.8 Å². The second-order valence-corrected chi connectivity index (χ2v) is 8.77. The third-order valence-corrected chi connectivity index (χ3v) is 6.39. The van der Waals surface area contributed by atoms with Crippen molar-refractivity contribution in [2.75, 3.05) is 25.9 Å². The van der Waals surface area contributed by atoms with Crippen LogP contribution in [0, 0.1) is 0 Å². The lowest BCUT2D eigenvalue weighted by Crippen LogP contribution is -2.31. The van der Waals surface area contributed by atoms with E-state index in [1.165, 1.54) is 0 Å². The number of aromatic nitrogens is 6. The molecular weight excluding hydrogens is 400 g/mol. The Morgan fingerprint density at radius 3 is 2.78 bits per heavy atom. The van der Waals surface area contributed by atoms with Crippen molar-refractivity contribution < 1.29 is 0 Å². The number of nitrogen functional groups attached to an aromatic ring is 1. The molecule has 0 amide bonds. The molecule has 32 heavy (non-hydrogen) atoms. The van der Waals surface area contributed by atoms with Gasteiger partial charge in [0.15, 0.2) is 0 Å². The van der Waals surface area contributed by atoms with E-state index in [4.69, 9.17) is 5.73 Å². The highest BCUT2D eigenvalue weighted by Crippen LogP contribution is 2.31. The van der Waals surface area contributed by atoms with Crippen molar-refractivity contribution in [3.05, 3.63) is 42.6 Å². The molecule has 166 valence electrons. The van der Waals surface area contributed by atoms with Crippen LogP contribution < -0.4 is 5.73 Å². The molecule has 5 rings (SSSR count). The van der Waals surface area contributed by atoms with E-state index < -0.39 is 0 Å². The Morgan fingerprint density at radius 1 is 1.12 bits per heavy atom.